The van der Waals surface area contributed by atoms with Crippen LogP contribution >= 0.6 is 0 Å². The van der Waals surface area contributed by atoms with Gasteiger partial charge in [0.05, 0.1) is 19.1 Å². The molecule has 4 nitrogen and oxygen atoms in total. The van der Waals surface area contributed by atoms with E-state index in [9.17, 15) is 4.79 Å². The van der Waals surface area contributed by atoms with Gasteiger partial charge in [0.1, 0.15) is 0 Å². The summed E-state index contributed by atoms with van der Waals surface area (Å²) in [5.74, 6) is 1.17. The van der Waals surface area contributed by atoms with Crippen molar-refractivity contribution in [2.24, 2.45) is 0 Å². The standard InChI is InChI=1S/C20H21NO3/c1-23-17-11-10-13(12-18(17)24-14-6-2-3-7-14)19-15-8-4-5-9-16(15)21-20(19)22/h4-5,8-12,14,19H,2-3,6-7H2,1H3,(H,21,22). The molecule has 1 amide bonds. The highest BCUT2D eigenvalue weighted by Crippen LogP contribution is 2.40. The molecule has 1 unspecified atom stereocenters. The molecule has 0 radical (unpaired) electrons. The van der Waals surface area contributed by atoms with E-state index in [0.717, 1.165) is 41.2 Å². The Bertz CT molecular complexity index is 765. The Morgan fingerprint density at radius 3 is 2.62 bits per heavy atom. The van der Waals surface area contributed by atoms with Gasteiger partial charge in [-0.05, 0) is 55.0 Å². The van der Waals surface area contributed by atoms with E-state index in [0.29, 0.717) is 0 Å². The molecular weight excluding hydrogens is 302 g/mol. The van der Waals surface area contributed by atoms with Crippen molar-refractivity contribution in [1.29, 1.82) is 0 Å². The number of fused-ring (bicyclic) bond motifs is 1. The predicted octanol–water partition coefficient (Wildman–Crippen LogP) is 4.10. The number of carbonyl (C=O) groups is 1. The maximum atomic E-state index is 12.5. The van der Waals surface area contributed by atoms with Crippen molar-refractivity contribution in [3.63, 3.8) is 0 Å². The average molecular weight is 323 g/mol. The Hall–Kier alpha value is -2.49. The molecular formula is C20H21NO3. The van der Waals surface area contributed by atoms with Crippen LogP contribution in [0.1, 0.15) is 42.7 Å². The second-order valence-corrected chi connectivity index (χ2v) is 6.44. The summed E-state index contributed by atoms with van der Waals surface area (Å²) in [5.41, 5.74) is 2.84. The zero-order valence-corrected chi connectivity index (χ0v) is 13.7. The summed E-state index contributed by atoms with van der Waals surface area (Å²) in [7, 11) is 1.65. The van der Waals surface area contributed by atoms with Crippen molar-refractivity contribution < 1.29 is 14.3 Å². The third-order valence-electron chi connectivity index (χ3n) is 4.91. The molecule has 1 saturated carbocycles. The highest BCUT2D eigenvalue weighted by Gasteiger charge is 2.32. The summed E-state index contributed by atoms with van der Waals surface area (Å²) < 4.78 is 11.6. The summed E-state index contributed by atoms with van der Waals surface area (Å²) in [6, 6.07) is 13.6. The molecule has 2 aromatic carbocycles. The number of para-hydroxylation sites is 1. The SMILES string of the molecule is COc1ccc(C2C(=O)Nc3ccccc32)cc1OC1CCCC1. The minimum atomic E-state index is -0.293. The summed E-state index contributed by atoms with van der Waals surface area (Å²) >= 11 is 0. The molecule has 1 atom stereocenters. The van der Waals surface area contributed by atoms with Gasteiger partial charge < -0.3 is 14.8 Å². The first-order valence-corrected chi connectivity index (χ1v) is 8.50. The minimum absolute atomic E-state index is 0.00758. The summed E-state index contributed by atoms with van der Waals surface area (Å²) in [6.07, 6.45) is 4.84. The van der Waals surface area contributed by atoms with Crippen LogP contribution in [-0.4, -0.2) is 19.1 Å². The van der Waals surface area contributed by atoms with Gasteiger partial charge in [0.15, 0.2) is 11.5 Å². The summed E-state index contributed by atoms with van der Waals surface area (Å²) in [5, 5.41) is 2.96. The van der Waals surface area contributed by atoms with Crippen molar-refractivity contribution in [2.45, 2.75) is 37.7 Å². The second kappa shape index (κ2) is 6.19. The fraction of sp³-hybridized carbons (Fsp3) is 0.350. The third-order valence-corrected chi connectivity index (χ3v) is 4.91. The first-order valence-electron chi connectivity index (χ1n) is 8.50. The topological polar surface area (TPSA) is 47.6 Å². The molecule has 124 valence electrons. The van der Waals surface area contributed by atoms with E-state index in [-0.39, 0.29) is 17.9 Å². The van der Waals surface area contributed by atoms with Crippen molar-refractivity contribution in [3.8, 4) is 11.5 Å². The molecule has 1 aliphatic carbocycles. The van der Waals surface area contributed by atoms with Gasteiger partial charge >= 0.3 is 0 Å². The Morgan fingerprint density at radius 2 is 1.83 bits per heavy atom. The molecule has 1 heterocycles. The summed E-state index contributed by atoms with van der Waals surface area (Å²) in [6.45, 7) is 0. The minimum Gasteiger partial charge on any atom is -0.493 e. The van der Waals surface area contributed by atoms with Crippen LogP contribution in [-0.2, 0) is 4.79 Å². The Balaban J connectivity index is 1.69. The molecule has 0 aromatic heterocycles. The van der Waals surface area contributed by atoms with Crippen LogP contribution in [0.25, 0.3) is 0 Å². The monoisotopic (exact) mass is 323 g/mol. The van der Waals surface area contributed by atoms with Gasteiger partial charge in [0.25, 0.3) is 0 Å². The highest BCUT2D eigenvalue weighted by molar-refractivity contribution is 6.05. The Morgan fingerprint density at radius 1 is 1.04 bits per heavy atom. The van der Waals surface area contributed by atoms with Crippen molar-refractivity contribution in [1.82, 2.24) is 0 Å². The van der Waals surface area contributed by atoms with Crippen molar-refractivity contribution >= 4 is 11.6 Å². The van der Waals surface area contributed by atoms with Crippen LogP contribution < -0.4 is 14.8 Å². The van der Waals surface area contributed by atoms with E-state index in [1.54, 1.807) is 7.11 Å². The fourth-order valence-electron chi connectivity index (χ4n) is 3.69. The normalized spacial score (nSPS) is 19.9. The van der Waals surface area contributed by atoms with Gasteiger partial charge in [-0.2, -0.15) is 0 Å². The smallest absolute Gasteiger partial charge is 0.236 e. The van der Waals surface area contributed by atoms with Gasteiger partial charge in [0.2, 0.25) is 5.91 Å². The molecule has 24 heavy (non-hydrogen) atoms. The highest BCUT2D eigenvalue weighted by atomic mass is 16.5. The zero-order valence-electron chi connectivity index (χ0n) is 13.7. The number of benzene rings is 2. The first kappa shape index (κ1) is 15.1. The lowest BCUT2D eigenvalue weighted by Crippen LogP contribution is -2.15. The van der Waals surface area contributed by atoms with Crippen LogP contribution in [0.5, 0.6) is 11.5 Å². The maximum absolute atomic E-state index is 12.5. The number of ether oxygens (including phenoxy) is 2. The van der Waals surface area contributed by atoms with Crippen molar-refractivity contribution in [2.75, 3.05) is 12.4 Å². The van der Waals surface area contributed by atoms with E-state index >= 15 is 0 Å². The van der Waals surface area contributed by atoms with Crippen LogP contribution in [0.2, 0.25) is 0 Å². The first-order chi connectivity index (χ1) is 11.8. The zero-order chi connectivity index (χ0) is 16.5. The van der Waals surface area contributed by atoms with E-state index < -0.39 is 0 Å². The number of hydrogen-bond donors (Lipinski definition) is 1. The number of hydrogen-bond acceptors (Lipinski definition) is 3. The number of amides is 1. The molecule has 2 aliphatic rings. The fourth-order valence-corrected chi connectivity index (χ4v) is 3.69. The third kappa shape index (κ3) is 2.62. The van der Waals surface area contributed by atoms with Gasteiger partial charge in [0, 0.05) is 5.69 Å². The number of methoxy groups -OCH3 is 1. The molecule has 4 heteroatoms. The average Bonchev–Trinajstić information content (AvgIpc) is 3.21. The molecule has 0 spiro atoms. The number of carbonyl (C=O) groups excluding carboxylic acids is 1. The van der Waals surface area contributed by atoms with Gasteiger partial charge in [-0.25, -0.2) is 0 Å². The van der Waals surface area contributed by atoms with Gasteiger partial charge in [-0.3, -0.25) is 4.79 Å². The lowest BCUT2D eigenvalue weighted by atomic mass is 9.92. The largest absolute Gasteiger partial charge is 0.493 e. The van der Waals surface area contributed by atoms with Crippen LogP contribution in [0.4, 0.5) is 5.69 Å². The molecule has 1 fully saturated rings. The van der Waals surface area contributed by atoms with E-state index in [1.165, 1.54) is 12.8 Å². The second-order valence-electron chi connectivity index (χ2n) is 6.44. The maximum Gasteiger partial charge on any atom is 0.236 e. The Labute approximate surface area is 141 Å². The molecule has 4 rings (SSSR count). The van der Waals surface area contributed by atoms with Crippen LogP contribution in [0.15, 0.2) is 42.5 Å². The van der Waals surface area contributed by atoms with Crippen molar-refractivity contribution in [3.05, 3.63) is 53.6 Å². The predicted molar refractivity (Wildman–Crippen MR) is 92.8 cm³/mol. The Kier molecular flexibility index (Phi) is 3.89. The number of anilines is 1. The lowest BCUT2D eigenvalue weighted by Gasteiger charge is -2.18. The van der Waals surface area contributed by atoms with Gasteiger partial charge in [-0.15, -0.1) is 0 Å². The quantitative estimate of drug-likeness (QED) is 0.921. The van der Waals surface area contributed by atoms with E-state index in [4.69, 9.17) is 9.47 Å². The number of rotatable bonds is 4. The van der Waals surface area contributed by atoms with E-state index in [2.05, 4.69) is 5.32 Å². The van der Waals surface area contributed by atoms with Gasteiger partial charge in [-0.1, -0.05) is 24.3 Å². The van der Waals surface area contributed by atoms with E-state index in [1.807, 2.05) is 42.5 Å². The molecule has 1 aliphatic heterocycles. The van der Waals surface area contributed by atoms with Crippen LogP contribution in [0.3, 0.4) is 0 Å². The molecule has 0 bridgehead atoms. The lowest BCUT2D eigenvalue weighted by molar-refractivity contribution is -0.116. The molecule has 0 saturated heterocycles. The number of nitrogens with one attached hydrogen (secondary N) is 1. The van der Waals surface area contributed by atoms with Crippen LogP contribution in [0, 0.1) is 0 Å². The molecule has 2 aromatic rings. The summed E-state index contributed by atoms with van der Waals surface area (Å²) in [4.78, 5) is 12.5. The molecule has 1 N–H and O–H groups in total.